The number of benzene rings is 2. The number of hydrogen-bond donors (Lipinski definition) is 2. The number of aromatic amines is 1. The first-order chi connectivity index (χ1) is 10.0. The topological polar surface area (TPSA) is 85.2 Å². The summed E-state index contributed by atoms with van der Waals surface area (Å²) in [5, 5.41) is 5.72. The number of H-pyrrole nitrogens is 1. The van der Waals surface area contributed by atoms with Crippen molar-refractivity contribution in [2.45, 2.75) is 11.5 Å². The molecule has 0 spiro atoms. The van der Waals surface area contributed by atoms with E-state index in [2.05, 4.69) is 4.98 Å². The van der Waals surface area contributed by atoms with Gasteiger partial charge in [-0.15, -0.1) is 0 Å². The van der Waals surface area contributed by atoms with E-state index in [9.17, 15) is 8.42 Å². The molecule has 5 nitrogen and oxygen atoms in total. The third-order valence-electron chi connectivity index (χ3n) is 3.17. The second-order valence-electron chi connectivity index (χ2n) is 4.68. The molecule has 0 amide bonds. The molecule has 108 valence electrons. The predicted molar refractivity (Wildman–Crippen MR) is 80.4 cm³/mol. The fraction of sp³-hybridized carbons (Fsp3) is 0.0667. The Morgan fingerprint density at radius 1 is 1.10 bits per heavy atom. The summed E-state index contributed by atoms with van der Waals surface area (Å²) >= 11 is 0. The number of primary sulfonamides is 1. The van der Waals surface area contributed by atoms with Crippen LogP contribution in [0.15, 0.2) is 59.6 Å². The van der Waals surface area contributed by atoms with Gasteiger partial charge in [-0.1, -0.05) is 30.3 Å². The van der Waals surface area contributed by atoms with Crippen molar-refractivity contribution in [1.82, 2.24) is 4.98 Å². The van der Waals surface area contributed by atoms with Crippen molar-refractivity contribution < 1.29 is 13.2 Å². The Balaban J connectivity index is 1.90. The average molecular weight is 302 g/mol. The quantitative estimate of drug-likeness (QED) is 0.776. The van der Waals surface area contributed by atoms with Gasteiger partial charge in [-0.2, -0.15) is 0 Å². The zero-order chi connectivity index (χ0) is 14.9. The Bertz CT molecular complexity index is 870. The van der Waals surface area contributed by atoms with Gasteiger partial charge in [0.25, 0.3) is 0 Å². The molecule has 3 rings (SSSR count). The van der Waals surface area contributed by atoms with Crippen LogP contribution in [0.25, 0.3) is 10.9 Å². The van der Waals surface area contributed by atoms with Crippen molar-refractivity contribution in [3.05, 3.63) is 60.3 Å². The summed E-state index contributed by atoms with van der Waals surface area (Å²) in [4.78, 5) is 2.95. The summed E-state index contributed by atoms with van der Waals surface area (Å²) in [6.07, 6.45) is 1.39. The van der Waals surface area contributed by atoms with Gasteiger partial charge >= 0.3 is 0 Å². The summed E-state index contributed by atoms with van der Waals surface area (Å²) in [6, 6.07) is 15.0. The first kappa shape index (κ1) is 13.7. The molecule has 0 saturated heterocycles. The maximum atomic E-state index is 11.5. The first-order valence-electron chi connectivity index (χ1n) is 6.35. The predicted octanol–water partition coefficient (Wildman–Crippen LogP) is 2.39. The van der Waals surface area contributed by atoms with Gasteiger partial charge < -0.3 is 9.72 Å². The standard InChI is InChI=1S/C15H14N2O3S/c16-21(18,19)15-9-17-14-7-6-12(8-13(14)15)20-10-11-4-2-1-3-5-11/h1-9,17H,10H2,(H2,16,18,19). The lowest BCUT2D eigenvalue weighted by Gasteiger charge is -2.06. The minimum Gasteiger partial charge on any atom is -0.489 e. The van der Waals surface area contributed by atoms with Crippen LogP contribution in [0.4, 0.5) is 0 Å². The van der Waals surface area contributed by atoms with E-state index in [-0.39, 0.29) is 4.90 Å². The number of hydrogen-bond acceptors (Lipinski definition) is 3. The second-order valence-corrected chi connectivity index (χ2v) is 6.21. The van der Waals surface area contributed by atoms with Gasteiger partial charge in [0, 0.05) is 17.1 Å². The molecule has 0 bridgehead atoms. The van der Waals surface area contributed by atoms with Crippen molar-refractivity contribution in [2.24, 2.45) is 5.14 Å². The van der Waals surface area contributed by atoms with Crippen molar-refractivity contribution in [3.63, 3.8) is 0 Å². The molecule has 3 N–H and O–H groups in total. The Hall–Kier alpha value is -2.31. The Kier molecular flexibility index (Phi) is 3.40. The molecule has 0 saturated carbocycles. The van der Waals surface area contributed by atoms with Crippen LogP contribution in [0.3, 0.4) is 0 Å². The summed E-state index contributed by atoms with van der Waals surface area (Å²) in [5.41, 5.74) is 1.74. The van der Waals surface area contributed by atoms with Crippen molar-refractivity contribution >= 4 is 20.9 Å². The van der Waals surface area contributed by atoms with E-state index in [1.165, 1.54) is 6.20 Å². The minimum atomic E-state index is -3.76. The van der Waals surface area contributed by atoms with Crippen LogP contribution in [0.1, 0.15) is 5.56 Å². The number of fused-ring (bicyclic) bond motifs is 1. The summed E-state index contributed by atoms with van der Waals surface area (Å²) < 4.78 is 28.7. The molecule has 0 aliphatic heterocycles. The minimum absolute atomic E-state index is 0.0719. The monoisotopic (exact) mass is 302 g/mol. The normalized spacial score (nSPS) is 11.7. The van der Waals surface area contributed by atoms with Gasteiger partial charge in [0.1, 0.15) is 17.3 Å². The molecule has 0 unspecified atom stereocenters. The highest BCUT2D eigenvalue weighted by atomic mass is 32.2. The summed E-state index contributed by atoms with van der Waals surface area (Å²) in [7, 11) is -3.76. The van der Waals surface area contributed by atoms with Crippen molar-refractivity contribution in [3.8, 4) is 5.75 Å². The molecule has 0 aliphatic carbocycles. The number of sulfonamides is 1. The lowest BCUT2D eigenvalue weighted by atomic mass is 10.2. The lowest BCUT2D eigenvalue weighted by Crippen LogP contribution is -2.11. The first-order valence-corrected chi connectivity index (χ1v) is 7.89. The summed E-state index contributed by atoms with van der Waals surface area (Å²) in [6.45, 7) is 0.418. The lowest BCUT2D eigenvalue weighted by molar-refractivity contribution is 0.306. The Labute approximate surface area is 122 Å². The van der Waals surface area contributed by atoms with E-state index in [0.29, 0.717) is 23.3 Å². The molecule has 3 aromatic rings. The van der Waals surface area contributed by atoms with Crippen LogP contribution < -0.4 is 9.88 Å². The van der Waals surface area contributed by atoms with Gasteiger partial charge in [0.05, 0.1) is 0 Å². The third kappa shape index (κ3) is 2.91. The highest BCUT2D eigenvalue weighted by Crippen LogP contribution is 2.26. The average Bonchev–Trinajstić information content (AvgIpc) is 2.89. The van der Waals surface area contributed by atoms with Crippen LogP contribution in [0, 0.1) is 0 Å². The largest absolute Gasteiger partial charge is 0.489 e. The zero-order valence-corrected chi connectivity index (χ0v) is 11.9. The van der Waals surface area contributed by atoms with Crippen molar-refractivity contribution in [1.29, 1.82) is 0 Å². The molecule has 0 atom stereocenters. The number of ether oxygens (including phenoxy) is 1. The highest BCUT2D eigenvalue weighted by Gasteiger charge is 2.14. The molecule has 2 aromatic carbocycles. The Morgan fingerprint density at radius 3 is 2.57 bits per heavy atom. The molecular formula is C15H14N2O3S. The van der Waals surface area contributed by atoms with Gasteiger partial charge in [0.2, 0.25) is 10.0 Å². The SMILES string of the molecule is NS(=O)(=O)c1c[nH]c2ccc(OCc3ccccc3)cc12. The van der Waals surface area contributed by atoms with E-state index >= 15 is 0 Å². The van der Waals surface area contributed by atoms with E-state index in [4.69, 9.17) is 9.88 Å². The van der Waals surface area contributed by atoms with Gasteiger partial charge in [-0.05, 0) is 23.8 Å². The van der Waals surface area contributed by atoms with E-state index in [1.54, 1.807) is 18.2 Å². The Morgan fingerprint density at radius 2 is 1.86 bits per heavy atom. The molecule has 1 aromatic heterocycles. The third-order valence-corrected chi connectivity index (χ3v) is 4.12. The second kappa shape index (κ2) is 5.23. The molecule has 6 heteroatoms. The van der Waals surface area contributed by atoms with Gasteiger partial charge in [0.15, 0.2) is 0 Å². The number of nitrogens with two attached hydrogens (primary N) is 1. The maximum absolute atomic E-state index is 11.5. The maximum Gasteiger partial charge on any atom is 0.240 e. The van der Waals surface area contributed by atoms with E-state index in [0.717, 1.165) is 5.56 Å². The summed E-state index contributed by atoms with van der Waals surface area (Å²) in [5.74, 6) is 0.593. The van der Waals surface area contributed by atoms with Crippen LogP contribution in [-0.2, 0) is 16.6 Å². The molecule has 0 fully saturated rings. The molecule has 21 heavy (non-hydrogen) atoms. The van der Waals surface area contributed by atoms with Crippen LogP contribution in [-0.4, -0.2) is 13.4 Å². The number of aromatic nitrogens is 1. The number of nitrogens with one attached hydrogen (secondary N) is 1. The fourth-order valence-electron chi connectivity index (χ4n) is 2.14. The molecule has 0 aliphatic rings. The highest BCUT2D eigenvalue weighted by molar-refractivity contribution is 7.89. The smallest absolute Gasteiger partial charge is 0.240 e. The zero-order valence-electron chi connectivity index (χ0n) is 11.1. The molecule has 0 radical (unpaired) electrons. The van der Waals surface area contributed by atoms with Gasteiger partial charge in [-0.25, -0.2) is 13.6 Å². The molecule has 1 heterocycles. The fourth-order valence-corrected chi connectivity index (χ4v) is 2.84. The van der Waals surface area contributed by atoms with Crippen LogP contribution in [0.5, 0.6) is 5.75 Å². The van der Waals surface area contributed by atoms with Gasteiger partial charge in [-0.3, -0.25) is 0 Å². The van der Waals surface area contributed by atoms with E-state index in [1.807, 2.05) is 30.3 Å². The number of rotatable bonds is 4. The van der Waals surface area contributed by atoms with E-state index < -0.39 is 10.0 Å². The van der Waals surface area contributed by atoms with Crippen LogP contribution in [0.2, 0.25) is 0 Å². The van der Waals surface area contributed by atoms with Crippen LogP contribution >= 0.6 is 0 Å². The molecular weight excluding hydrogens is 288 g/mol. The van der Waals surface area contributed by atoms with Crippen molar-refractivity contribution in [2.75, 3.05) is 0 Å².